The van der Waals surface area contributed by atoms with Crippen LogP contribution in [0.25, 0.3) is 0 Å². The molecule has 8 heteroatoms. The summed E-state index contributed by atoms with van der Waals surface area (Å²) in [5.41, 5.74) is 8.01. The van der Waals surface area contributed by atoms with E-state index in [-0.39, 0.29) is 11.4 Å². The number of nitrogens with one attached hydrogen (secondary N) is 1. The zero-order chi connectivity index (χ0) is 15.6. The number of aromatic nitrogens is 2. The molecule has 2 rings (SSSR count). The summed E-state index contributed by atoms with van der Waals surface area (Å²) < 4.78 is 26.9. The van der Waals surface area contributed by atoms with Crippen molar-refractivity contribution in [3.8, 4) is 0 Å². The molecule has 1 aromatic carbocycles. The Morgan fingerprint density at radius 2 is 1.95 bits per heavy atom. The number of hydrogen-bond donors (Lipinski definition) is 2. The highest BCUT2D eigenvalue weighted by molar-refractivity contribution is 7.89. The topological polar surface area (TPSA) is 98.0 Å². The van der Waals surface area contributed by atoms with Crippen LogP contribution in [0.15, 0.2) is 29.4 Å². The SMILES string of the molecule is Cc1cnc(CNS(=O)(=O)c2cc(N)c(C)c(Cl)c2)cn1. The molecule has 0 saturated heterocycles. The zero-order valence-corrected chi connectivity index (χ0v) is 13.2. The Morgan fingerprint density at radius 1 is 1.24 bits per heavy atom. The lowest BCUT2D eigenvalue weighted by Crippen LogP contribution is -2.24. The van der Waals surface area contributed by atoms with E-state index >= 15 is 0 Å². The fraction of sp³-hybridized carbons (Fsp3) is 0.231. The lowest BCUT2D eigenvalue weighted by atomic mass is 10.2. The Hall–Kier alpha value is -1.70. The molecule has 0 atom stereocenters. The van der Waals surface area contributed by atoms with Gasteiger partial charge in [0.25, 0.3) is 0 Å². The Balaban J connectivity index is 2.20. The van der Waals surface area contributed by atoms with Gasteiger partial charge in [0.2, 0.25) is 10.0 Å². The van der Waals surface area contributed by atoms with Gasteiger partial charge in [-0.05, 0) is 31.5 Å². The van der Waals surface area contributed by atoms with Gasteiger partial charge in [0.1, 0.15) is 0 Å². The van der Waals surface area contributed by atoms with Crippen LogP contribution in [0, 0.1) is 13.8 Å². The number of sulfonamides is 1. The minimum Gasteiger partial charge on any atom is -0.398 e. The minimum absolute atomic E-state index is 0.0238. The number of nitrogens with two attached hydrogens (primary N) is 1. The van der Waals surface area contributed by atoms with E-state index in [9.17, 15) is 8.42 Å². The van der Waals surface area contributed by atoms with Crippen LogP contribution >= 0.6 is 11.6 Å². The second-order valence-corrected chi connectivity index (χ2v) is 6.77. The average Bonchev–Trinajstić information content (AvgIpc) is 2.43. The number of hydrogen-bond acceptors (Lipinski definition) is 5. The van der Waals surface area contributed by atoms with Crippen molar-refractivity contribution in [2.75, 3.05) is 5.73 Å². The highest BCUT2D eigenvalue weighted by Crippen LogP contribution is 2.25. The number of nitrogen functional groups attached to an aromatic ring is 1. The first kappa shape index (κ1) is 15.7. The van der Waals surface area contributed by atoms with Gasteiger partial charge in [0, 0.05) is 16.9 Å². The number of nitrogens with zero attached hydrogens (tertiary/aromatic N) is 2. The Labute approximate surface area is 128 Å². The van der Waals surface area contributed by atoms with Crippen molar-refractivity contribution in [1.82, 2.24) is 14.7 Å². The molecule has 0 aliphatic rings. The van der Waals surface area contributed by atoms with Crippen molar-refractivity contribution in [1.29, 1.82) is 0 Å². The molecule has 0 saturated carbocycles. The summed E-state index contributed by atoms with van der Waals surface area (Å²) in [6.45, 7) is 3.57. The standard InChI is InChI=1S/C13H15ClN4O2S/c1-8-5-17-10(6-16-8)7-18-21(19,20)11-3-12(14)9(2)13(15)4-11/h3-6,18H,7,15H2,1-2H3. The molecule has 0 radical (unpaired) electrons. The first-order valence-corrected chi connectivity index (χ1v) is 7.98. The van der Waals surface area contributed by atoms with Gasteiger partial charge < -0.3 is 5.73 Å². The van der Waals surface area contributed by atoms with E-state index in [0.717, 1.165) is 5.69 Å². The van der Waals surface area contributed by atoms with E-state index in [0.29, 0.717) is 22.0 Å². The molecule has 0 spiro atoms. The second-order valence-electron chi connectivity index (χ2n) is 4.59. The highest BCUT2D eigenvalue weighted by Gasteiger charge is 2.17. The highest BCUT2D eigenvalue weighted by atomic mass is 35.5. The summed E-state index contributed by atoms with van der Waals surface area (Å²) in [7, 11) is -3.71. The Kier molecular flexibility index (Phi) is 4.46. The molecule has 0 aliphatic heterocycles. The number of benzene rings is 1. The predicted octanol–water partition coefficient (Wildman–Crippen LogP) is 1.81. The fourth-order valence-corrected chi connectivity index (χ4v) is 2.94. The van der Waals surface area contributed by atoms with Gasteiger partial charge >= 0.3 is 0 Å². The van der Waals surface area contributed by atoms with Crippen molar-refractivity contribution < 1.29 is 8.42 Å². The van der Waals surface area contributed by atoms with Crippen LogP contribution < -0.4 is 10.5 Å². The van der Waals surface area contributed by atoms with Crippen molar-refractivity contribution in [2.45, 2.75) is 25.3 Å². The molecule has 0 bridgehead atoms. The first-order valence-electron chi connectivity index (χ1n) is 6.12. The van der Waals surface area contributed by atoms with E-state index in [2.05, 4.69) is 14.7 Å². The predicted molar refractivity (Wildman–Crippen MR) is 81.4 cm³/mol. The van der Waals surface area contributed by atoms with Gasteiger partial charge in [0.15, 0.2) is 0 Å². The maximum atomic E-state index is 12.2. The minimum atomic E-state index is -3.71. The fourth-order valence-electron chi connectivity index (χ4n) is 1.59. The second kappa shape index (κ2) is 5.97. The van der Waals surface area contributed by atoms with Crippen LogP contribution in [0.1, 0.15) is 17.0 Å². The van der Waals surface area contributed by atoms with Gasteiger partial charge in [-0.3, -0.25) is 9.97 Å². The lowest BCUT2D eigenvalue weighted by Gasteiger charge is -2.10. The molecule has 2 aromatic rings. The van der Waals surface area contributed by atoms with E-state index in [1.54, 1.807) is 20.0 Å². The molecule has 0 unspecified atom stereocenters. The molecule has 0 amide bonds. The third-order valence-corrected chi connectivity index (χ3v) is 4.72. The number of halogens is 1. The maximum absolute atomic E-state index is 12.2. The number of rotatable bonds is 4. The van der Waals surface area contributed by atoms with Gasteiger partial charge in [-0.1, -0.05) is 11.6 Å². The lowest BCUT2D eigenvalue weighted by molar-refractivity contribution is 0.580. The third kappa shape index (κ3) is 3.69. The summed E-state index contributed by atoms with van der Waals surface area (Å²) in [5, 5.41) is 0.311. The van der Waals surface area contributed by atoms with E-state index in [1.807, 2.05) is 0 Å². The molecule has 1 aromatic heterocycles. The zero-order valence-electron chi connectivity index (χ0n) is 11.6. The monoisotopic (exact) mass is 326 g/mol. The summed E-state index contributed by atoms with van der Waals surface area (Å²) >= 11 is 5.97. The Bertz CT molecular complexity index is 737. The first-order chi connectivity index (χ1) is 9.79. The summed E-state index contributed by atoms with van der Waals surface area (Å²) in [6.07, 6.45) is 3.10. The molecule has 0 fully saturated rings. The normalized spacial score (nSPS) is 11.6. The van der Waals surface area contributed by atoms with Crippen LogP contribution in [-0.2, 0) is 16.6 Å². The molecular weight excluding hydrogens is 312 g/mol. The van der Waals surface area contributed by atoms with Crippen molar-refractivity contribution in [3.05, 3.63) is 46.5 Å². The van der Waals surface area contributed by atoms with E-state index < -0.39 is 10.0 Å². The van der Waals surface area contributed by atoms with E-state index in [1.165, 1.54) is 18.3 Å². The van der Waals surface area contributed by atoms with Crippen molar-refractivity contribution in [3.63, 3.8) is 0 Å². The smallest absolute Gasteiger partial charge is 0.241 e. The van der Waals surface area contributed by atoms with Crippen LogP contribution in [0.5, 0.6) is 0 Å². The molecule has 0 aliphatic carbocycles. The van der Waals surface area contributed by atoms with Crippen LogP contribution in [0.2, 0.25) is 5.02 Å². The largest absolute Gasteiger partial charge is 0.398 e. The summed E-state index contributed by atoms with van der Waals surface area (Å²) in [4.78, 5) is 8.16. The maximum Gasteiger partial charge on any atom is 0.241 e. The quantitative estimate of drug-likeness (QED) is 0.835. The van der Waals surface area contributed by atoms with Crippen LogP contribution in [0.3, 0.4) is 0 Å². The molecular formula is C13H15ClN4O2S. The summed E-state index contributed by atoms with van der Waals surface area (Å²) in [6, 6.07) is 2.75. The van der Waals surface area contributed by atoms with Crippen LogP contribution in [0.4, 0.5) is 5.69 Å². The average molecular weight is 327 g/mol. The van der Waals surface area contributed by atoms with Gasteiger partial charge in [-0.25, -0.2) is 13.1 Å². The van der Waals surface area contributed by atoms with Crippen molar-refractivity contribution >= 4 is 27.3 Å². The summed E-state index contributed by atoms with van der Waals surface area (Å²) in [5.74, 6) is 0. The van der Waals surface area contributed by atoms with Gasteiger partial charge in [-0.15, -0.1) is 0 Å². The number of aryl methyl sites for hydroxylation is 1. The number of anilines is 1. The van der Waals surface area contributed by atoms with Crippen molar-refractivity contribution in [2.24, 2.45) is 0 Å². The molecule has 3 N–H and O–H groups in total. The molecule has 6 nitrogen and oxygen atoms in total. The van der Waals surface area contributed by atoms with E-state index in [4.69, 9.17) is 17.3 Å². The molecule has 1 heterocycles. The van der Waals surface area contributed by atoms with Gasteiger partial charge in [0.05, 0.1) is 29.0 Å². The van der Waals surface area contributed by atoms with Crippen LogP contribution in [-0.4, -0.2) is 18.4 Å². The third-order valence-electron chi connectivity index (χ3n) is 2.95. The Morgan fingerprint density at radius 3 is 2.52 bits per heavy atom. The van der Waals surface area contributed by atoms with Gasteiger partial charge in [-0.2, -0.15) is 0 Å². The molecule has 112 valence electrons. The molecule has 21 heavy (non-hydrogen) atoms.